The standard InChI is InChI=1S/C14H12Cl3NO4S/c1-18-13(20)21-10-6(9-7(15)8(16)11(17)23-9)12(19)22-14(10)4-2-3-5-14/h2-5H2,1H3,(H,18,20). The summed E-state index contributed by atoms with van der Waals surface area (Å²) in [5, 5.41) is 2.69. The number of hydrogen-bond acceptors (Lipinski definition) is 5. The van der Waals surface area contributed by atoms with Gasteiger partial charge in [-0.05, 0) is 25.7 Å². The lowest BCUT2D eigenvalue weighted by Gasteiger charge is -2.24. The summed E-state index contributed by atoms with van der Waals surface area (Å²) < 4.78 is 11.2. The molecule has 1 amide bonds. The van der Waals surface area contributed by atoms with Crippen molar-refractivity contribution in [2.45, 2.75) is 31.3 Å². The van der Waals surface area contributed by atoms with Crippen LogP contribution in [0.15, 0.2) is 5.76 Å². The van der Waals surface area contributed by atoms with Crippen molar-refractivity contribution < 1.29 is 19.1 Å². The van der Waals surface area contributed by atoms with Crippen LogP contribution < -0.4 is 5.32 Å². The van der Waals surface area contributed by atoms with Gasteiger partial charge >= 0.3 is 12.1 Å². The first kappa shape index (κ1) is 16.9. The molecule has 2 heterocycles. The molecule has 124 valence electrons. The predicted octanol–water partition coefficient (Wildman–Crippen LogP) is 4.65. The third-order valence-corrected chi connectivity index (χ3v) is 6.52. The number of ether oxygens (including phenoxy) is 2. The molecule has 0 bridgehead atoms. The lowest BCUT2D eigenvalue weighted by Crippen LogP contribution is -2.32. The van der Waals surface area contributed by atoms with Crippen molar-refractivity contribution in [1.82, 2.24) is 5.32 Å². The molecule has 0 atom stereocenters. The number of hydrogen-bond donors (Lipinski definition) is 1. The molecule has 23 heavy (non-hydrogen) atoms. The van der Waals surface area contributed by atoms with Crippen LogP contribution in [0.25, 0.3) is 5.57 Å². The molecule has 0 saturated heterocycles. The second-order valence-corrected chi connectivity index (χ2v) is 7.65. The van der Waals surface area contributed by atoms with Gasteiger partial charge in [0.15, 0.2) is 11.4 Å². The van der Waals surface area contributed by atoms with Gasteiger partial charge in [0.1, 0.15) is 9.91 Å². The van der Waals surface area contributed by atoms with Gasteiger partial charge in [-0.15, -0.1) is 11.3 Å². The third kappa shape index (κ3) is 2.71. The average molecular weight is 397 g/mol. The lowest BCUT2D eigenvalue weighted by molar-refractivity contribution is -0.146. The first-order chi connectivity index (χ1) is 10.9. The Morgan fingerprint density at radius 3 is 2.43 bits per heavy atom. The van der Waals surface area contributed by atoms with Crippen molar-refractivity contribution in [2.24, 2.45) is 0 Å². The molecule has 0 unspecified atom stereocenters. The molecule has 1 fully saturated rings. The summed E-state index contributed by atoms with van der Waals surface area (Å²) in [7, 11) is 1.44. The number of carbonyl (C=O) groups excluding carboxylic acids is 2. The van der Waals surface area contributed by atoms with Crippen molar-refractivity contribution in [3.05, 3.63) is 25.0 Å². The summed E-state index contributed by atoms with van der Waals surface area (Å²) in [6.45, 7) is 0. The van der Waals surface area contributed by atoms with Crippen LogP contribution in [-0.2, 0) is 14.3 Å². The summed E-state index contributed by atoms with van der Waals surface area (Å²) in [4.78, 5) is 24.5. The Morgan fingerprint density at radius 1 is 1.26 bits per heavy atom. The minimum Gasteiger partial charge on any atom is -0.447 e. The number of nitrogens with one attached hydrogen (secondary N) is 1. The van der Waals surface area contributed by atoms with Gasteiger partial charge in [0.05, 0.1) is 14.9 Å². The second-order valence-electron chi connectivity index (χ2n) is 5.27. The van der Waals surface area contributed by atoms with E-state index in [2.05, 4.69) is 5.32 Å². The zero-order chi connectivity index (χ0) is 16.8. The summed E-state index contributed by atoms with van der Waals surface area (Å²) in [5.41, 5.74) is -0.787. The van der Waals surface area contributed by atoms with E-state index in [1.165, 1.54) is 7.05 Å². The van der Waals surface area contributed by atoms with E-state index in [1.54, 1.807) is 0 Å². The molecule has 1 N–H and O–H groups in total. The molecule has 0 aromatic carbocycles. The van der Waals surface area contributed by atoms with Crippen LogP contribution in [0.5, 0.6) is 0 Å². The number of thiophene rings is 1. The van der Waals surface area contributed by atoms with Crippen molar-refractivity contribution in [3.8, 4) is 0 Å². The zero-order valence-corrected chi connectivity index (χ0v) is 15.1. The highest BCUT2D eigenvalue weighted by molar-refractivity contribution is 7.19. The number of esters is 1. The fourth-order valence-electron chi connectivity index (χ4n) is 2.88. The number of rotatable bonds is 2. The van der Waals surface area contributed by atoms with E-state index >= 15 is 0 Å². The minimum absolute atomic E-state index is 0.124. The van der Waals surface area contributed by atoms with E-state index in [4.69, 9.17) is 44.3 Å². The molecule has 1 aromatic heterocycles. The van der Waals surface area contributed by atoms with Gasteiger partial charge in [0, 0.05) is 7.05 Å². The molecular weight excluding hydrogens is 385 g/mol. The molecule has 1 aromatic rings. The molecule has 1 spiro atoms. The molecule has 2 aliphatic rings. The van der Waals surface area contributed by atoms with Crippen LogP contribution in [0.1, 0.15) is 30.6 Å². The van der Waals surface area contributed by atoms with E-state index in [-0.39, 0.29) is 25.7 Å². The van der Waals surface area contributed by atoms with E-state index in [1.807, 2.05) is 0 Å². The zero-order valence-electron chi connectivity index (χ0n) is 12.0. The smallest absolute Gasteiger partial charge is 0.412 e. The summed E-state index contributed by atoms with van der Waals surface area (Å²) in [6, 6.07) is 0. The first-order valence-corrected chi connectivity index (χ1v) is 8.86. The van der Waals surface area contributed by atoms with Crippen molar-refractivity contribution in [3.63, 3.8) is 0 Å². The molecule has 1 aliphatic carbocycles. The van der Waals surface area contributed by atoms with Gasteiger partial charge < -0.3 is 14.8 Å². The average Bonchev–Trinajstić information content (AvgIpc) is 3.16. The lowest BCUT2D eigenvalue weighted by atomic mass is 9.98. The summed E-state index contributed by atoms with van der Waals surface area (Å²) in [6.07, 6.45) is 2.27. The van der Waals surface area contributed by atoms with Gasteiger partial charge in [-0.2, -0.15) is 0 Å². The number of carbonyl (C=O) groups is 2. The Bertz CT molecular complexity index is 722. The Kier molecular flexibility index (Phi) is 4.53. The minimum atomic E-state index is -0.912. The van der Waals surface area contributed by atoms with Crippen molar-refractivity contribution in [1.29, 1.82) is 0 Å². The van der Waals surface area contributed by atoms with Crippen molar-refractivity contribution >= 4 is 63.8 Å². The normalized spacial score (nSPS) is 19.4. The Hall–Kier alpha value is -0.950. The topological polar surface area (TPSA) is 64.6 Å². The third-order valence-electron chi connectivity index (χ3n) is 3.93. The van der Waals surface area contributed by atoms with Crippen LogP contribution in [0.2, 0.25) is 14.4 Å². The number of amides is 1. The quantitative estimate of drug-likeness (QED) is 0.739. The van der Waals surface area contributed by atoms with Crippen LogP contribution in [0, 0.1) is 0 Å². The van der Waals surface area contributed by atoms with Crippen LogP contribution in [0.4, 0.5) is 4.79 Å². The van der Waals surface area contributed by atoms with Gasteiger partial charge in [0.2, 0.25) is 0 Å². The summed E-state index contributed by atoms with van der Waals surface area (Å²) in [5.74, 6) is -0.391. The largest absolute Gasteiger partial charge is 0.447 e. The number of halogens is 3. The fourth-order valence-corrected chi connectivity index (χ4v) is 4.72. The second kappa shape index (κ2) is 6.16. The SMILES string of the molecule is CNC(=O)OC1=C(c2sc(Cl)c(Cl)c2Cl)C(=O)OC12CCCC2. The van der Waals surface area contributed by atoms with E-state index < -0.39 is 17.7 Å². The molecule has 1 aliphatic heterocycles. The Labute approximate surface area is 151 Å². The maximum Gasteiger partial charge on any atom is 0.412 e. The van der Waals surface area contributed by atoms with Crippen molar-refractivity contribution in [2.75, 3.05) is 7.05 Å². The van der Waals surface area contributed by atoms with Crippen LogP contribution in [0.3, 0.4) is 0 Å². The highest BCUT2D eigenvalue weighted by Gasteiger charge is 2.53. The molecule has 9 heteroatoms. The van der Waals surface area contributed by atoms with E-state index in [0.29, 0.717) is 17.7 Å². The highest BCUT2D eigenvalue weighted by atomic mass is 35.5. The summed E-state index contributed by atoms with van der Waals surface area (Å²) >= 11 is 19.2. The first-order valence-electron chi connectivity index (χ1n) is 6.91. The molecule has 3 rings (SSSR count). The van der Waals surface area contributed by atoms with E-state index in [0.717, 1.165) is 24.2 Å². The monoisotopic (exact) mass is 395 g/mol. The van der Waals surface area contributed by atoms with Crippen LogP contribution >= 0.6 is 46.1 Å². The fraction of sp³-hybridized carbons (Fsp3) is 0.429. The highest BCUT2D eigenvalue weighted by Crippen LogP contribution is 2.52. The van der Waals surface area contributed by atoms with E-state index in [9.17, 15) is 9.59 Å². The van der Waals surface area contributed by atoms with Gasteiger partial charge in [-0.25, -0.2) is 9.59 Å². The number of alkyl carbamates (subject to hydrolysis) is 1. The van der Waals surface area contributed by atoms with Gasteiger partial charge in [-0.1, -0.05) is 34.8 Å². The molecule has 5 nitrogen and oxygen atoms in total. The van der Waals surface area contributed by atoms with Crippen LogP contribution in [-0.4, -0.2) is 24.7 Å². The predicted molar refractivity (Wildman–Crippen MR) is 89.1 cm³/mol. The molecular formula is C14H12Cl3NO4S. The molecule has 0 radical (unpaired) electrons. The Morgan fingerprint density at radius 2 is 1.91 bits per heavy atom. The maximum absolute atomic E-state index is 12.5. The maximum atomic E-state index is 12.5. The Balaban J connectivity index is 2.17. The van der Waals surface area contributed by atoms with Gasteiger partial charge in [0.25, 0.3) is 0 Å². The molecule has 1 saturated carbocycles. The van der Waals surface area contributed by atoms with Gasteiger partial charge in [-0.3, -0.25) is 0 Å².